The van der Waals surface area contributed by atoms with Crippen LogP contribution >= 0.6 is 0 Å². The van der Waals surface area contributed by atoms with E-state index in [1.165, 1.54) is 23.5 Å². The Morgan fingerprint density at radius 1 is 0.926 bits per heavy atom. The Morgan fingerprint density at radius 2 is 1.59 bits per heavy atom. The summed E-state index contributed by atoms with van der Waals surface area (Å²) in [6.45, 7) is 3.01. The van der Waals surface area contributed by atoms with Crippen molar-refractivity contribution in [3.63, 3.8) is 0 Å². The molecule has 2 aliphatic heterocycles. The Hall–Kier alpha value is -1.29. The van der Waals surface area contributed by atoms with Gasteiger partial charge in [-0.05, 0) is 37.9 Å². The number of nitrogens with zero attached hydrogens (tertiary/aromatic N) is 3. The lowest BCUT2D eigenvalue weighted by Crippen LogP contribution is -2.47. The van der Waals surface area contributed by atoms with E-state index in [1.807, 2.05) is 4.90 Å². The number of ether oxygens (including phenoxy) is 1. The van der Waals surface area contributed by atoms with Gasteiger partial charge in [-0.1, -0.05) is 6.42 Å². The Bertz CT molecular complexity index is 754. The van der Waals surface area contributed by atoms with Gasteiger partial charge in [0.15, 0.2) is 11.6 Å². The first-order chi connectivity index (χ1) is 12.9. The molecule has 0 spiro atoms. The number of hydrogen-bond donors (Lipinski definition) is 0. The van der Waals surface area contributed by atoms with Gasteiger partial charge in [-0.3, -0.25) is 4.90 Å². The van der Waals surface area contributed by atoms with Gasteiger partial charge in [0.2, 0.25) is 0 Å². The lowest BCUT2D eigenvalue weighted by Gasteiger charge is -2.31. The molecule has 0 N–H and O–H groups in total. The molecule has 2 saturated heterocycles. The van der Waals surface area contributed by atoms with Crippen LogP contribution in [0.3, 0.4) is 0 Å². The molecule has 6 nitrogen and oxygen atoms in total. The van der Waals surface area contributed by atoms with Crippen molar-refractivity contribution in [2.45, 2.75) is 32.2 Å². The maximum atomic E-state index is 14.4. The van der Waals surface area contributed by atoms with Crippen LogP contribution < -0.4 is 4.74 Å². The smallest absolute Gasteiger partial charge is 0.282 e. The molecule has 2 aliphatic rings. The quantitative estimate of drug-likeness (QED) is 0.757. The van der Waals surface area contributed by atoms with E-state index in [4.69, 9.17) is 4.74 Å². The van der Waals surface area contributed by atoms with E-state index >= 15 is 0 Å². The Morgan fingerprint density at radius 3 is 2.30 bits per heavy atom. The van der Waals surface area contributed by atoms with E-state index in [2.05, 4.69) is 0 Å². The SMILES string of the molecule is COc1ccc(F)c(CN2CCCN(S(=O)(=O)N3CCCCC3)CC2)c1F. The fourth-order valence-corrected chi connectivity index (χ4v) is 5.42. The van der Waals surface area contributed by atoms with Gasteiger partial charge in [0.05, 0.1) is 7.11 Å². The molecular formula is C18H27F2N3O3S. The minimum absolute atomic E-state index is 0.00975. The van der Waals surface area contributed by atoms with Gasteiger partial charge in [-0.15, -0.1) is 0 Å². The molecule has 0 aliphatic carbocycles. The van der Waals surface area contributed by atoms with Crippen LogP contribution in [0.4, 0.5) is 8.78 Å². The van der Waals surface area contributed by atoms with Gasteiger partial charge in [0, 0.05) is 44.8 Å². The zero-order valence-electron chi connectivity index (χ0n) is 15.7. The van der Waals surface area contributed by atoms with Crippen LogP contribution in [0.5, 0.6) is 5.75 Å². The molecule has 3 rings (SSSR count). The van der Waals surface area contributed by atoms with E-state index in [9.17, 15) is 17.2 Å². The highest BCUT2D eigenvalue weighted by Crippen LogP contribution is 2.25. The van der Waals surface area contributed by atoms with Gasteiger partial charge in [0.1, 0.15) is 5.82 Å². The van der Waals surface area contributed by atoms with Gasteiger partial charge < -0.3 is 4.74 Å². The van der Waals surface area contributed by atoms with Crippen molar-refractivity contribution in [1.82, 2.24) is 13.5 Å². The van der Waals surface area contributed by atoms with Crippen molar-refractivity contribution in [1.29, 1.82) is 0 Å². The minimum atomic E-state index is -3.46. The molecule has 0 amide bonds. The molecule has 0 bridgehead atoms. The molecule has 0 radical (unpaired) electrons. The Labute approximate surface area is 159 Å². The molecule has 27 heavy (non-hydrogen) atoms. The number of rotatable bonds is 5. The highest BCUT2D eigenvalue weighted by molar-refractivity contribution is 7.86. The Kier molecular flexibility index (Phi) is 6.67. The third kappa shape index (κ3) is 4.59. The molecular weight excluding hydrogens is 376 g/mol. The highest BCUT2D eigenvalue weighted by atomic mass is 32.2. The molecule has 1 aromatic carbocycles. The lowest BCUT2D eigenvalue weighted by atomic mass is 10.1. The van der Waals surface area contributed by atoms with E-state index in [-0.39, 0.29) is 17.9 Å². The van der Waals surface area contributed by atoms with Crippen molar-refractivity contribution >= 4 is 10.2 Å². The molecule has 0 unspecified atom stereocenters. The lowest BCUT2D eigenvalue weighted by molar-refractivity contribution is 0.263. The predicted octanol–water partition coefficient (Wildman–Crippen LogP) is 2.21. The zero-order chi connectivity index (χ0) is 19.4. The fourth-order valence-electron chi connectivity index (χ4n) is 3.70. The summed E-state index contributed by atoms with van der Waals surface area (Å²) in [7, 11) is -2.12. The first kappa shape index (κ1) is 20.4. The number of halogens is 2. The first-order valence-corrected chi connectivity index (χ1v) is 10.8. The fraction of sp³-hybridized carbons (Fsp3) is 0.667. The van der Waals surface area contributed by atoms with Crippen molar-refractivity contribution in [2.24, 2.45) is 0 Å². The second-order valence-electron chi connectivity index (χ2n) is 7.04. The molecule has 9 heteroatoms. The standard InChI is InChI=1S/C18H27F2N3O3S/c1-26-17-7-6-16(19)15(18(17)20)14-21-8-5-11-23(13-12-21)27(24,25)22-9-3-2-4-10-22/h6-7H,2-5,8-14H2,1H3. The maximum Gasteiger partial charge on any atom is 0.282 e. The number of hydrogen-bond acceptors (Lipinski definition) is 4. The van der Waals surface area contributed by atoms with Crippen LogP contribution in [-0.2, 0) is 16.8 Å². The summed E-state index contributed by atoms with van der Waals surface area (Å²) < 4.78 is 62.2. The monoisotopic (exact) mass is 403 g/mol. The van der Waals surface area contributed by atoms with Crippen LogP contribution in [0.15, 0.2) is 12.1 Å². The Balaban J connectivity index is 1.67. The van der Waals surface area contributed by atoms with Crippen LogP contribution in [0, 0.1) is 11.6 Å². The molecule has 0 atom stereocenters. The summed E-state index contributed by atoms with van der Waals surface area (Å²) in [6.07, 6.45) is 3.49. The van der Waals surface area contributed by atoms with E-state index < -0.39 is 21.8 Å². The maximum absolute atomic E-state index is 14.4. The van der Waals surface area contributed by atoms with Crippen LogP contribution in [-0.4, -0.2) is 68.3 Å². The van der Waals surface area contributed by atoms with Gasteiger partial charge >= 0.3 is 0 Å². The summed E-state index contributed by atoms with van der Waals surface area (Å²) in [5, 5.41) is 0. The summed E-state index contributed by atoms with van der Waals surface area (Å²) in [6, 6.07) is 2.46. The second kappa shape index (κ2) is 8.81. The molecule has 0 aromatic heterocycles. The average molecular weight is 403 g/mol. The van der Waals surface area contributed by atoms with Crippen LogP contribution in [0.25, 0.3) is 0 Å². The van der Waals surface area contributed by atoms with E-state index in [0.717, 1.165) is 19.3 Å². The van der Waals surface area contributed by atoms with Crippen molar-refractivity contribution in [2.75, 3.05) is 46.4 Å². The molecule has 0 saturated carbocycles. The van der Waals surface area contributed by atoms with Crippen molar-refractivity contribution in [3.8, 4) is 5.75 Å². The van der Waals surface area contributed by atoms with Crippen LogP contribution in [0.1, 0.15) is 31.2 Å². The summed E-state index contributed by atoms with van der Waals surface area (Å²) in [5.41, 5.74) is -0.0401. The van der Waals surface area contributed by atoms with Gasteiger partial charge in [0.25, 0.3) is 10.2 Å². The third-order valence-corrected chi connectivity index (χ3v) is 7.30. The minimum Gasteiger partial charge on any atom is -0.494 e. The number of benzene rings is 1. The number of methoxy groups -OCH3 is 1. The van der Waals surface area contributed by atoms with E-state index in [0.29, 0.717) is 45.7 Å². The molecule has 152 valence electrons. The van der Waals surface area contributed by atoms with Crippen LogP contribution in [0.2, 0.25) is 0 Å². The van der Waals surface area contributed by atoms with Gasteiger partial charge in [-0.2, -0.15) is 17.0 Å². The van der Waals surface area contributed by atoms with Crippen molar-refractivity contribution < 1.29 is 21.9 Å². The van der Waals surface area contributed by atoms with E-state index in [1.54, 1.807) is 4.31 Å². The molecule has 2 fully saturated rings. The first-order valence-electron chi connectivity index (χ1n) is 9.42. The normalized spacial score (nSPS) is 21.1. The number of piperidine rings is 1. The second-order valence-corrected chi connectivity index (χ2v) is 8.97. The predicted molar refractivity (Wildman–Crippen MR) is 98.7 cm³/mol. The van der Waals surface area contributed by atoms with Gasteiger partial charge in [-0.25, -0.2) is 8.78 Å². The average Bonchev–Trinajstić information content (AvgIpc) is 2.92. The van der Waals surface area contributed by atoms with Crippen molar-refractivity contribution in [3.05, 3.63) is 29.3 Å². The molecule has 2 heterocycles. The largest absolute Gasteiger partial charge is 0.494 e. The summed E-state index contributed by atoms with van der Waals surface area (Å²) >= 11 is 0. The summed E-state index contributed by atoms with van der Waals surface area (Å²) in [4.78, 5) is 1.90. The highest BCUT2D eigenvalue weighted by Gasteiger charge is 2.32. The zero-order valence-corrected chi connectivity index (χ0v) is 16.5. The topological polar surface area (TPSA) is 53.1 Å². The molecule has 1 aromatic rings. The summed E-state index contributed by atoms with van der Waals surface area (Å²) in [5.74, 6) is -1.30. The third-order valence-electron chi connectivity index (χ3n) is 5.27.